The van der Waals surface area contributed by atoms with Crippen molar-refractivity contribution in [1.82, 2.24) is 4.98 Å². The average molecular weight is 844 g/mol. The van der Waals surface area contributed by atoms with Gasteiger partial charge in [-0.2, -0.15) is 0 Å². The van der Waals surface area contributed by atoms with Crippen molar-refractivity contribution >= 4 is 57.6 Å². The van der Waals surface area contributed by atoms with Crippen molar-refractivity contribution in [2.75, 3.05) is 9.80 Å². The molecule has 0 bridgehead atoms. The summed E-state index contributed by atoms with van der Waals surface area (Å²) in [4.78, 5) is 10.5. The number of aromatic nitrogens is 1. The number of nitrogens with zero attached hydrogens (tertiary/aromatic N) is 3. The molecule has 2 aliphatic heterocycles. The monoisotopic (exact) mass is 844 g/mol. The highest BCUT2D eigenvalue weighted by molar-refractivity contribution is 6.99. The molecule has 6 aromatic carbocycles. The van der Waals surface area contributed by atoms with E-state index in [4.69, 9.17) is 9.40 Å². The first-order chi connectivity index (χ1) is 29.9. The van der Waals surface area contributed by atoms with Crippen molar-refractivity contribution in [3.63, 3.8) is 0 Å². The quantitative estimate of drug-likeness (QED) is 0.165. The lowest BCUT2D eigenvalue weighted by Gasteiger charge is -2.43. The summed E-state index contributed by atoms with van der Waals surface area (Å²) in [5.41, 5.74) is 18.9. The van der Waals surface area contributed by atoms with Gasteiger partial charge in [0.25, 0.3) is 6.71 Å². The standard InChI is InChI=1S/C59H66BN3O/c1-55(2,3)40-22-20-38(21-23-40)37-16-18-39(19-17-37)53-61-52-54(64-53)63(46-31-26-42(27-32-46)57(7,8)9)50-36-44(59(13,14)15)35-49-51(50)60(52)47-34-43(58(10,11)12)28-33-48(47)62(49)45-29-24-41(25-30-45)56(4,5)6/h16-36H,1-15H3. The zero-order valence-corrected chi connectivity index (χ0v) is 41.0. The number of fused-ring (bicyclic) bond motifs is 4. The Morgan fingerprint density at radius 1 is 0.391 bits per heavy atom. The molecule has 0 N–H and O–H groups in total. The number of rotatable bonds is 4. The van der Waals surface area contributed by atoms with Gasteiger partial charge >= 0.3 is 0 Å². The molecule has 0 amide bonds. The van der Waals surface area contributed by atoms with Crippen LogP contribution in [0.4, 0.5) is 34.3 Å². The van der Waals surface area contributed by atoms with Crippen LogP contribution in [0.2, 0.25) is 0 Å². The molecule has 7 aromatic rings. The Morgan fingerprint density at radius 3 is 1.25 bits per heavy atom. The molecular formula is C59H66BN3O. The largest absolute Gasteiger partial charge is 0.420 e. The average Bonchev–Trinajstić information content (AvgIpc) is 3.67. The van der Waals surface area contributed by atoms with Gasteiger partial charge in [-0.1, -0.05) is 177 Å². The van der Waals surface area contributed by atoms with Crippen molar-refractivity contribution in [2.24, 2.45) is 0 Å². The number of hydrogen-bond donors (Lipinski definition) is 0. The molecule has 2 aliphatic rings. The molecule has 5 heteroatoms. The minimum absolute atomic E-state index is 0.0136. The number of oxazole rings is 1. The second-order valence-corrected chi connectivity index (χ2v) is 23.5. The van der Waals surface area contributed by atoms with E-state index < -0.39 is 0 Å². The van der Waals surface area contributed by atoms with E-state index in [1.54, 1.807) is 0 Å². The van der Waals surface area contributed by atoms with Gasteiger partial charge in [-0.15, -0.1) is 0 Å². The molecule has 64 heavy (non-hydrogen) atoms. The molecule has 4 nitrogen and oxygen atoms in total. The maximum Gasteiger partial charge on any atom is 0.279 e. The summed E-state index contributed by atoms with van der Waals surface area (Å²) in [5.74, 6) is 1.39. The van der Waals surface area contributed by atoms with Gasteiger partial charge in [0.2, 0.25) is 11.8 Å². The van der Waals surface area contributed by atoms with Crippen molar-refractivity contribution in [3.8, 4) is 22.6 Å². The molecule has 0 spiro atoms. The Hall–Kier alpha value is -5.81. The van der Waals surface area contributed by atoms with Gasteiger partial charge in [0.1, 0.15) is 0 Å². The summed E-state index contributed by atoms with van der Waals surface area (Å²) in [6, 6.07) is 48.0. The van der Waals surface area contributed by atoms with Gasteiger partial charge in [-0.3, -0.25) is 4.90 Å². The summed E-state index contributed by atoms with van der Waals surface area (Å²) < 4.78 is 7.20. The molecule has 0 saturated carbocycles. The highest BCUT2D eigenvalue weighted by Gasteiger charge is 2.47. The lowest BCUT2D eigenvalue weighted by atomic mass is 9.35. The molecule has 0 unspecified atom stereocenters. The zero-order chi connectivity index (χ0) is 45.9. The van der Waals surface area contributed by atoms with Crippen LogP contribution in [0.3, 0.4) is 0 Å². The van der Waals surface area contributed by atoms with Crippen molar-refractivity contribution < 1.29 is 4.42 Å². The molecule has 9 rings (SSSR count). The predicted molar refractivity (Wildman–Crippen MR) is 275 cm³/mol. The first-order valence-electron chi connectivity index (χ1n) is 23.2. The molecular weight excluding hydrogens is 777 g/mol. The summed E-state index contributed by atoms with van der Waals surface area (Å²) >= 11 is 0. The molecule has 326 valence electrons. The Bertz CT molecular complexity index is 2870. The van der Waals surface area contributed by atoms with E-state index >= 15 is 0 Å². The second-order valence-electron chi connectivity index (χ2n) is 23.5. The Kier molecular flexibility index (Phi) is 10.1. The lowest BCUT2D eigenvalue weighted by molar-refractivity contribution is 0.579. The van der Waals surface area contributed by atoms with E-state index in [0.717, 1.165) is 34.1 Å². The van der Waals surface area contributed by atoms with Crippen LogP contribution >= 0.6 is 0 Å². The lowest BCUT2D eigenvalue weighted by Crippen LogP contribution is -2.62. The van der Waals surface area contributed by atoms with Crippen LogP contribution in [0.15, 0.2) is 132 Å². The molecule has 0 atom stereocenters. The van der Waals surface area contributed by atoms with Crippen molar-refractivity contribution in [3.05, 3.63) is 155 Å². The zero-order valence-electron chi connectivity index (χ0n) is 41.0. The van der Waals surface area contributed by atoms with Crippen molar-refractivity contribution in [2.45, 2.75) is 131 Å². The Labute approximate surface area is 383 Å². The molecule has 1 aromatic heterocycles. The maximum atomic E-state index is 7.20. The normalized spacial score (nSPS) is 14.1. The summed E-state index contributed by atoms with van der Waals surface area (Å²) in [6.45, 7) is 34.2. The minimum atomic E-state index is -0.167. The summed E-state index contributed by atoms with van der Waals surface area (Å²) in [5, 5.41) is 0. The minimum Gasteiger partial charge on any atom is -0.420 e. The fraction of sp³-hybridized carbons (Fsp3) is 0.339. The summed E-state index contributed by atoms with van der Waals surface area (Å²) in [6.07, 6.45) is 0. The van der Waals surface area contributed by atoms with Gasteiger partial charge < -0.3 is 9.32 Å². The second kappa shape index (κ2) is 14.9. The van der Waals surface area contributed by atoms with Gasteiger partial charge in [0.15, 0.2) is 0 Å². The third kappa shape index (κ3) is 7.69. The predicted octanol–water partition coefficient (Wildman–Crippen LogP) is 14.6. The van der Waals surface area contributed by atoms with Crippen molar-refractivity contribution in [1.29, 1.82) is 0 Å². The van der Waals surface area contributed by atoms with Gasteiger partial charge in [0.05, 0.1) is 5.59 Å². The number of anilines is 6. The molecule has 0 fully saturated rings. The highest BCUT2D eigenvalue weighted by Crippen LogP contribution is 2.47. The van der Waals surface area contributed by atoms with Gasteiger partial charge in [0, 0.05) is 34.0 Å². The van der Waals surface area contributed by atoms with E-state index in [-0.39, 0.29) is 33.8 Å². The van der Waals surface area contributed by atoms with E-state index in [0.29, 0.717) is 5.89 Å². The molecule has 0 saturated heterocycles. The first-order valence-corrected chi connectivity index (χ1v) is 23.2. The Balaban J connectivity index is 1.30. The van der Waals surface area contributed by atoms with Gasteiger partial charge in [-0.05, 0) is 132 Å². The van der Waals surface area contributed by atoms with Crippen LogP contribution in [0.5, 0.6) is 0 Å². The van der Waals surface area contributed by atoms with Crippen LogP contribution < -0.4 is 26.3 Å². The first kappa shape index (κ1) is 43.4. The van der Waals surface area contributed by atoms with E-state index in [9.17, 15) is 0 Å². The van der Waals surface area contributed by atoms with Crippen LogP contribution in [0.1, 0.15) is 132 Å². The van der Waals surface area contributed by atoms with E-state index in [1.165, 1.54) is 61.2 Å². The van der Waals surface area contributed by atoms with Crippen LogP contribution in [-0.4, -0.2) is 11.7 Å². The number of hydrogen-bond acceptors (Lipinski definition) is 4. The van der Waals surface area contributed by atoms with Crippen LogP contribution in [0.25, 0.3) is 22.6 Å². The number of benzene rings is 6. The van der Waals surface area contributed by atoms with Crippen LogP contribution in [0, 0.1) is 0 Å². The van der Waals surface area contributed by atoms with Gasteiger partial charge in [-0.25, -0.2) is 4.98 Å². The Morgan fingerprint density at radius 2 is 0.781 bits per heavy atom. The fourth-order valence-corrected chi connectivity index (χ4v) is 9.38. The highest BCUT2D eigenvalue weighted by atomic mass is 16.4. The topological polar surface area (TPSA) is 32.5 Å². The maximum absolute atomic E-state index is 7.20. The van der Waals surface area contributed by atoms with E-state index in [1.807, 2.05) is 0 Å². The summed E-state index contributed by atoms with van der Waals surface area (Å²) in [7, 11) is 0. The third-order valence-electron chi connectivity index (χ3n) is 13.5. The molecule has 3 heterocycles. The van der Waals surface area contributed by atoms with Crippen LogP contribution in [-0.2, 0) is 27.1 Å². The van der Waals surface area contributed by atoms with E-state index in [2.05, 4.69) is 241 Å². The third-order valence-corrected chi connectivity index (χ3v) is 13.5. The molecule has 0 radical (unpaired) electrons. The smallest absolute Gasteiger partial charge is 0.279 e. The molecule has 0 aliphatic carbocycles. The SMILES string of the molecule is CC(C)(C)c1ccc(-c2ccc(-c3nc4c(o3)N(c3ccc(C(C)(C)C)cc3)c3cc(C(C)(C)C)cc5c3B4c3cc(C(C)(C)C)ccc3N5c3ccc(C(C)(C)C)cc3)cc2)cc1. The fourth-order valence-electron chi connectivity index (χ4n) is 9.38.